The van der Waals surface area contributed by atoms with Crippen LogP contribution in [0.2, 0.25) is 0 Å². The van der Waals surface area contributed by atoms with E-state index in [1.54, 1.807) is 0 Å². The van der Waals surface area contributed by atoms with Gasteiger partial charge in [0.2, 0.25) is 0 Å². The van der Waals surface area contributed by atoms with Gasteiger partial charge >= 0.3 is 5.97 Å². The van der Waals surface area contributed by atoms with E-state index >= 15 is 0 Å². The lowest BCUT2D eigenvalue weighted by atomic mass is 9.88. The Kier molecular flexibility index (Phi) is 4.04. The highest BCUT2D eigenvalue weighted by Gasteiger charge is 2.45. The molecule has 0 N–H and O–H groups in total. The first-order valence-corrected chi connectivity index (χ1v) is 9.26. The summed E-state index contributed by atoms with van der Waals surface area (Å²) in [4.78, 5) is 12.9. The fourth-order valence-electron chi connectivity index (χ4n) is 4.00. The zero-order chi connectivity index (χ0) is 19.3. The number of aryl methyl sites for hydroxylation is 2. The second-order valence-electron chi connectivity index (χ2n) is 7.52. The lowest BCUT2D eigenvalue weighted by Gasteiger charge is -2.11. The average Bonchev–Trinajstić information content (AvgIpc) is 3.54. The molecule has 1 aromatic rings. The highest BCUT2D eigenvalue weighted by Crippen LogP contribution is 2.54. The highest BCUT2D eigenvalue weighted by atomic mass is 16.5. The number of carbonyl (C=O) groups excluding carboxylic acids is 1. The van der Waals surface area contributed by atoms with Crippen LogP contribution in [0.25, 0.3) is 5.57 Å². The molecule has 27 heavy (non-hydrogen) atoms. The molecule has 0 aromatic carbocycles. The summed E-state index contributed by atoms with van der Waals surface area (Å²) in [6.45, 7) is 5.64. The summed E-state index contributed by atoms with van der Waals surface area (Å²) in [6.07, 6.45) is 4.34. The Morgan fingerprint density at radius 2 is 1.67 bits per heavy atom. The van der Waals surface area contributed by atoms with Gasteiger partial charge < -0.3 is 9.15 Å². The van der Waals surface area contributed by atoms with Gasteiger partial charge in [0.05, 0.1) is 5.57 Å². The van der Waals surface area contributed by atoms with Crippen molar-refractivity contribution in [3.63, 3.8) is 0 Å². The van der Waals surface area contributed by atoms with Crippen molar-refractivity contribution in [2.75, 3.05) is 0 Å². The molecule has 3 fully saturated rings. The molecule has 2 heterocycles. The number of furan rings is 1. The number of esters is 1. The Bertz CT molecular complexity index is 999. The predicted molar refractivity (Wildman–Crippen MR) is 97.6 cm³/mol. The molecule has 5 nitrogen and oxygen atoms in total. The zero-order valence-corrected chi connectivity index (χ0v) is 15.7. The number of hydrogen-bond donors (Lipinski definition) is 0. The molecule has 0 spiro atoms. The summed E-state index contributed by atoms with van der Waals surface area (Å²) >= 11 is 0. The second kappa shape index (κ2) is 6.28. The topological polar surface area (TPSA) is 87.0 Å². The van der Waals surface area contributed by atoms with Crippen molar-refractivity contribution in [1.29, 1.82) is 10.5 Å². The number of ether oxygens (including phenoxy) is 1. The first kappa shape index (κ1) is 17.4. The van der Waals surface area contributed by atoms with E-state index in [1.807, 2.05) is 39.0 Å². The fourth-order valence-corrected chi connectivity index (χ4v) is 4.00. The van der Waals surface area contributed by atoms with Crippen molar-refractivity contribution >= 4 is 11.5 Å². The molecule has 4 rings (SSSR count). The third-order valence-corrected chi connectivity index (χ3v) is 5.47. The summed E-state index contributed by atoms with van der Waals surface area (Å²) in [6, 6.07) is 5.68. The van der Waals surface area contributed by atoms with E-state index < -0.39 is 5.97 Å². The van der Waals surface area contributed by atoms with E-state index in [0.29, 0.717) is 23.0 Å². The molecule has 1 saturated heterocycles. The number of nitriles is 2. The standard InChI is InChI=1S/C22H20N2O3/c1-11-8-17(13(3)26-11)12(2)18-20(19(14-4-5-14)15-6-7-15)22(25)27-21(18)16(9-23)10-24/h8,14-15H,4-7H2,1-3H3/b18-12+. The van der Waals surface area contributed by atoms with Gasteiger partial charge in [0.15, 0.2) is 11.3 Å². The first-order valence-electron chi connectivity index (χ1n) is 9.26. The van der Waals surface area contributed by atoms with Crippen molar-refractivity contribution < 1.29 is 13.9 Å². The van der Waals surface area contributed by atoms with Gasteiger partial charge in [0.25, 0.3) is 0 Å². The fraction of sp³-hybridized carbons (Fsp3) is 0.409. The number of cyclic esters (lactones) is 1. The molecule has 0 unspecified atom stereocenters. The van der Waals surface area contributed by atoms with Crippen LogP contribution in [-0.2, 0) is 9.53 Å². The van der Waals surface area contributed by atoms with Crippen molar-refractivity contribution in [3.05, 3.63) is 51.2 Å². The Morgan fingerprint density at radius 3 is 2.11 bits per heavy atom. The average molecular weight is 360 g/mol. The van der Waals surface area contributed by atoms with E-state index in [-0.39, 0.29) is 11.3 Å². The van der Waals surface area contributed by atoms with Gasteiger partial charge in [0.1, 0.15) is 23.7 Å². The van der Waals surface area contributed by atoms with Crippen molar-refractivity contribution in [2.24, 2.45) is 11.8 Å². The maximum absolute atomic E-state index is 12.9. The summed E-state index contributed by atoms with van der Waals surface area (Å²) in [5, 5.41) is 18.8. The normalized spacial score (nSPS) is 20.9. The number of rotatable bonds is 3. The van der Waals surface area contributed by atoms with Crippen molar-refractivity contribution in [1.82, 2.24) is 0 Å². The molecule has 1 aliphatic heterocycles. The molecular formula is C22H20N2O3. The number of hydrogen-bond acceptors (Lipinski definition) is 5. The highest BCUT2D eigenvalue weighted by molar-refractivity contribution is 6.05. The van der Waals surface area contributed by atoms with Crippen molar-refractivity contribution in [3.8, 4) is 12.1 Å². The van der Waals surface area contributed by atoms with Gasteiger partial charge in [-0.2, -0.15) is 10.5 Å². The Hall–Kier alpha value is -3.05. The molecule has 3 aliphatic rings. The maximum atomic E-state index is 12.9. The van der Waals surface area contributed by atoms with Gasteiger partial charge in [-0.1, -0.05) is 0 Å². The molecule has 0 atom stereocenters. The van der Waals surface area contributed by atoms with Crippen LogP contribution in [0.15, 0.2) is 38.5 Å². The molecular weight excluding hydrogens is 340 g/mol. The van der Waals surface area contributed by atoms with E-state index in [4.69, 9.17) is 9.15 Å². The summed E-state index contributed by atoms with van der Waals surface area (Å²) in [5.41, 5.74) is 3.84. The van der Waals surface area contributed by atoms with Crippen LogP contribution in [0.5, 0.6) is 0 Å². The lowest BCUT2D eigenvalue weighted by molar-refractivity contribution is -0.132. The maximum Gasteiger partial charge on any atom is 0.344 e. The molecule has 1 aromatic heterocycles. The Labute approximate surface area is 158 Å². The first-order chi connectivity index (χ1) is 13.0. The van der Waals surface area contributed by atoms with E-state index in [0.717, 1.165) is 53.9 Å². The molecule has 2 aliphatic carbocycles. The van der Waals surface area contributed by atoms with Crippen LogP contribution in [0.1, 0.15) is 49.7 Å². The number of allylic oxidation sites excluding steroid dienone is 4. The third kappa shape index (κ3) is 2.90. The Morgan fingerprint density at radius 1 is 1.07 bits per heavy atom. The van der Waals surface area contributed by atoms with Gasteiger partial charge in [-0.3, -0.25) is 0 Å². The van der Waals surface area contributed by atoms with Crippen LogP contribution in [-0.4, -0.2) is 5.97 Å². The number of carbonyl (C=O) groups is 1. The largest absolute Gasteiger partial charge is 0.466 e. The van der Waals surface area contributed by atoms with Gasteiger partial charge in [0, 0.05) is 11.1 Å². The zero-order valence-electron chi connectivity index (χ0n) is 15.7. The summed E-state index contributed by atoms with van der Waals surface area (Å²) < 4.78 is 11.2. The van der Waals surface area contributed by atoms with Crippen molar-refractivity contribution in [2.45, 2.75) is 46.5 Å². The molecule has 2 saturated carbocycles. The SMILES string of the molecule is C/C(=C1\C(=C(C#N)C#N)OC(=O)C1=C(C1CC1)C1CC1)c1cc(C)oc1C. The van der Waals surface area contributed by atoms with Gasteiger partial charge in [-0.05, 0) is 75.5 Å². The quantitative estimate of drug-likeness (QED) is 0.445. The minimum Gasteiger partial charge on any atom is -0.466 e. The number of nitrogens with zero attached hydrogens (tertiary/aromatic N) is 2. The predicted octanol–water partition coefficient (Wildman–Crippen LogP) is 4.64. The van der Waals surface area contributed by atoms with E-state index in [9.17, 15) is 15.3 Å². The van der Waals surface area contributed by atoms with Crippen LogP contribution >= 0.6 is 0 Å². The van der Waals surface area contributed by atoms with Crippen LogP contribution < -0.4 is 0 Å². The Balaban J connectivity index is 2.03. The van der Waals surface area contributed by atoms with Gasteiger partial charge in [-0.15, -0.1) is 0 Å². The lowest BCUT2D eigenvalue weighted by Crippen LogP contribution is -2.05. The smallest absolute Gasteiger partial charge is 0.344 e. The molecule has 0 radical (unpaired) electrons. The van der Waals surface area contributed by atoms with E-state index in [1.165, 1.54) is 0 Å². The van der Waals surface area contributed by atoms with E-state index in [2.05, 4.69) is 0 Å². The molecule has 5 heteroatoms. The molecule has 0 bridgehead atoms. The third-order valence-electron chi connectivity index (χ3n) is 5.47. The van der Waals surface area contributed by atoms with Crippen LogP contribution in [0, 0.1) is 48.3 Å². The monoisotopic (exact) mass is 360 g/mol. The summed E-state index contributed by atoms with van der Waals surface area (Å²) in [7, 11) is 0. The minimum absolute atomic E-state index is 0.0922. The second-order valence-corrected chi connectivity index (χ2v) is 7.52. The van der Waals surface area contributed by atoms with Crippen LogP contribution in [0.3, 0.4) is 0 Å². The molecule has 136 valence electrons. The minimum atomic E-state index is -0.436. The van der Waals surface area contributed by atoms with Crippen LogP contribution in [0.4, 0.5) is 0 Å². The summed E-state index contributed by atoms with van der Waals surface area (Å²) in [5.74, 6) is 2.01. The van der Waals surface area contributed by atoms with Gasteiger partial charge in [-0.25, -0.2) is 4.79 Å². The molecule has 0 amide bonds.